The minimum atomic E-state index is -0.274. The highest BCUT2D eigenvalue weighted by molar-refractivity contribution is 7.99. The quantitative estimate of drug-likeness (QED) is 0.522. The molecule has 164 valence electrons. The van der Waals surface area contributed by atoms with Crippen LogP contribution < -0.4 is 10.1 Å². The van der Waals surface area contributed by atoms with E-state index in [1.54, 1.807) is 7.11 Å². The van der Waals surface area contributed by atoms with Gasteiger partial charge in [0.1, 0.15) is 5.75 Å². The highest BCUT2D eigenvalue weighted by atomic mass is 32.2. The molecule has 31 heavy (non-hydrogen) atoms. The van der Waals surface area contributed by atoms with E-state index in [-0.39, 0.29) is 17.2 Å². The lowest BCUT2D eigenvalue weighted by Gasteiger charge is -2.20. The Morgan fingerprint density at radius 3 is 2.39 bits per heavy atom. The largest absolute Gasteiger partial charge is 0.497 e. The smallest absolute Gasteiger partial charge is 0.230 e. The standard InChI is InChI=1S/C24H30N4O2S/c1-16(2)19-9-7-8-10-20(19)28-22(17-11-13-18(30-6)14-12-17)26-27-23(28)31-15-21(29)25-24(3,4)5/h7-14,16H,15H2,1-6H3,(H,25,29). The Kier molecular flexibility index (Phi) is 7.05. The minimum Gasteiger partial charge on any atom is -0.497 e. The fourth-order valence-electron chi connectivity index (χ4n) is 3.27. The minimum absolute atomic E-state index is 0.0322. The zero-order chi connectivity index (χ0) is 22.6. The number of hydrogen-bond acceptors (Lipinski definition) is 5. The molecule has 0 fully saturated rings. The van der Waals surface area contributed by atoms with Gasteiger partial charge >= 0.3 is 0 Å². The average molecular weight is 439 g/mol. The van der Waals surface area contributed by atoms with Crippen molar-refractivity contribution in [1.29, 1.82) is 0 Å². The summed E-state index contributed by atoms with van der Waals surface area (Å²) >= 11 is 1.39. The molecule has 0 atom stereocenters. The molecule has 0 unspecified atom stereocenters. The number of carbonyl (C=O) groups excluding carboxylic acids is 1. The molecule has 2 aromatic carbocycles. The summed E-state index contributed by atoms with van der Waals surface area (Å²) in [6.45, 7) is 10.2. The van der Waals surface area contributed by atoms with E-state index >= 15 is 0 Å². The fourth-order valence-corrected chi connectivity index (χ4v) is 4.02. The van der Waals surface area contributed by atoms with E-state index in [1.807, 2.05) is 61.7 Å². The number of benzene rings is 2. The number of carbonyl (C=O) groups is 1. The molecule has 0 spiro atoms. The third-order valence-electron chi connectivity index (χ3n) is 4.63. The SMILES string of the molecule is COc1ccc(-c2nnc(SCC(=O)NC(C)(C)C)n2-c2ccccc2C(C)C)cc1. The van der Waals surface area contributed by atoms with Crippen molar-refractivity contribution in [3.63, 3.8) is 0 Å². The van der Waals surface area contributed by atoms with Gasteiger partial charge in [0.25, 0.3) is 0 Å². The molecule has 7 heteroatoms. The van der Waals surface area contributed by atoms with Crippen molar-refractivity contribution >= 4 is 17.7 Å². The highest BCUT2D eigenvalue weighted by Crippen LogP contribution is 2.32. The average Bonchev–Trinajstić information content (AvgIpc) is 3.14. The highest BCUT2D eigenvalue weighted by Gasteiger charge is 2.21. The van der Waals surface area contributed by atoms with E-state index < -0.39 is 0 Å². The molecule has 0 saturated heterocycles. The molecular weight excluding hydrogens is 408 g/mol. The molecule has 1 amide bonds. The molecule has 1 aromatic heterocycles. The fraction of sp³-hybridized carbons (Fsp3) is 0.375. The number of methoxy groups -OCH3 is 1. The molecule has 0 aliphatic carbocycles. The number of rotatable bonds is 7. The topological polar surface area (TPSA) is 69.0 Å². The van der Waals surface area contributed by atoms with Gasteiger partial charge in [-0.1, -0.05) is 43.8 Å². The van der Waals surface area contributed by atoms with Gasteiger partial charge in [0.2, 0.25) is 5.91 Å². The summed E-state index contributed by atoms with van der Waals surface area (Å²) in [6, 6.07) is 16.0. The van der Waals surface area contributed by atoms with Crippen LogP contribution in [0.15, 0.2) is 53.7 Å². The van der Waals surface area contributed by atoms with E-state index in [9.17, 15) is 4.79 Å². The second kappa shape index (κ2) is 9.56. The predicted octanol–water partition coefficient (Wildman–Crippen LogP) is 5.07. The van der Waals surface area contributed by atoms with E-state index in [0.29, 0.717) is 11.1 Å². The molecule has 0 radical (unpaired) electrons. The number of ether oxygens (including phenoxy) is 1. The predicted molar refractivity (Wildman–Crippen MR) is 126 cm³/mol. The molecule has 0 aliphatic rings. The lowest BCUT2D eigenvalue weighted by Crippen LogP contribution is -2.41. The van der Waals surface area contributed by atoms with Crippen LogP contribution >= 0.6 is 11.8 Å². The Labute approximate surface area is 188 Å². The van der Waals surface area contributed by atoms with Crippen molar-refractivity contribution in [3.05, 3.63) is 54.1 Å². The summed E-state index contributed by atoms with van der Waals surface area (Å²) in [7, 11) is 1.65. The number of para-hydroxylation sites is 1. The Morgan fingerprint density at radius 2 is 1.77 bits per heavy atom. The van der Waals surface area contributed by atoms with Crippen molar-refractivity contribution in [2.75, 3.05) is 12.9 Å². The van der Waals surface area contributed by atoms with Gasteiger partial charge in [-0.25, -0.2) is 0 Å². The van der Waals surface area contributed by atoms with Crippen LogP contribution in [0.4, 0.5) is 0 Å². The maximum absolute atomic E-state index is 12.4. The number of amides is 1. The van der Waals surface area contributed by atoms with E-state index in [4.69, 9.17) is 4.74 Å². The normalized spacial score (nSPS) is 11.6. The zero-order valence-electron chi connectivity index (χ0n) is 19.0. The van der Waals surface area contributed by atoms with Crippen LogP contribution in [0, 0.1) is 0 Å². The van der Waals surface area contributed by atoms with Gasteiger partial charge in [0.05, 0.1) is 18.6 Å². The van der Waals surface area contributed by atoms with E-state index in [1.165, 1.54) is 17.3 Å². The van der Waals surface area contributed by atoms with Crippen molar-refractivity contribution in [2.45, 2.75) is 51.2 Å². The van der Waals surface area contributed by atoms with Gasteiger partial charge in [-0.3, -0.25) is 9.36 Å². The third-order valence-corrected chi connectivity index (χ3v) is 5.56. The first-order chi connectivity index (χ1) is 14.7. The van der Waals surface area contributed by atoms with Crippen LogP contribution in [0.2, 0.25) is 0 Å². The maximum Gasteiger partial charge on any atom is 0.230 e. The second-order valence-corrected chi connectivity index (χ2v) is 9.61. The van der Waals surface area contributed by atoms with Crippen LogP contribution in [-0.4, -0.2) is 39.1 Å². The first-order valence-corrected chi connectivity index (χ1v) is 11.3. The van der Waals surface area contributed by atoms with Gasteiger partial charge < -0.3 is 10.1 Å². The van der Waals surface area contributed by atoms with Crippen LogP contribution in [0.25, 0.3) is 17.1 Å². The summed E-state index contributed by atoms with van der Waals surface area (Å²) in [5.74, 6) is 2.07. The first kappa shape index (κ1) is 22.9. The van der Waals surface area contributed by atoms with Crippen LogP contribution in [0.5, 0.6) is 5.75 Å². The van der Waals surface area contributed by atoms with Crippen LogP contribution in [0.1, 0.15) is 46.1 Å². The van der Waals surface area contributed by atoms with Crippen molar-refractivity contribution in [3.8, 4) is 22.8 Å². The molecule has 1 heterocycles. The molecule has 0 bridgehead atoms. The lowest BCUT2D eigenvalue weighted by molar-refractivity contribution is -0.119. The van der Waals surface area contributed by atoms with Crippen LogP contribution in [0.3, 0.4) is 0 Å². The van der Waals surface area contributed by atoms with E-state index in [2.05, 4.69) is 41.5 Å². The Balaban J connectivity index is 2.04. The number of hydrogen-bond donors (Lipinski definition) is 1. The van der Waals surface area contributed by atoms with Gasteiger partial charge in [-0.2, -0.15) is 0 Å². The van der Waals surface area contributed by atoms with E-state index in [0.717, 1.165) is 22.8 Å². The molecule has 1 N–H and O–H groups in total. The first-order valence-electron chi connectivity index (χ1n) is 10.3. The number of nitrogens with zero attached hydrogens (tertiary/aromatic N) is 3. The van der Waals surface area contributed by atoms with Crippen molar-refractivity contribution < 1.29 is 9.53 Å². The maximum atomic E-state index is 12.4. The van der Waals surface area contributed by atoms with Gasteiger partial charge in [-0.15, -0.1) is 10.2 Å². The molecular formula is C24H30N4O2S. The van der Waals surface area contributed by atoms with Crippen molar-refractivity contribution in [2.24, 2.45) is 0 Å². The molecule has 3 rings (SSSR count). The Hall–Kier alpha value is -2.80. The molecule has 6 nitrogen and oxygen atoms in total. The second-order valence-electron chi connectivity index (χ2n) is 8.67. The number of nitrogens with one attached hydrogen (secondary N) is 1. The summed E-state index contributed by atoms with van der Waals surface area (Å²) in [6.07, 6.45) is 0. The summed E-state index contributed by atoms with van der Waals surface area (Å²) in [4.78, 5) is 12.4. The Morgan fingerprint density at radius 1 is 1.10 bits per heavy atom. The Bertz CT molecular complexity index is 1040. The van der Waals surface area contributed by atoms with Gasteiger partial charge in [0.15, 0.2) is 11.0 Å². The van der Waals surface area contributed by atoms with Crippen LogP contribution in [-0.2, 0) is 4.79 Å². The summed E-state index contributed by atoms with van der Waals surface area (Å²) in [5, 5.41) is 12.6. The summed E-state index contributed by atoms with van der Waals surface area (Å²) < 4.78 is 7.34. The molecule has 0 aliphatic heterocycles. The monoisotopic (exact) mass is 438 g/mol. The molecule has 0 saturated carbocycles. The van der Waals surface area contributed by atoms with Crippen molar-refractivity contribution in [1.82, 2.24) is 20.1 Å². The number of thioether (sulfide) groups is 1. The third kappa shape index (κ3) is 5.67. The van der Waals surface area contributed by atoms with Gasteiger partial charge in [0, 0.05) is 11.1 Å². The molecule has 3 aromatic rings. The number of aromatic nitrogens is 3. The van der Waals surface area contributed by atoms with Gasteiger partial charge in [-0.05, 0) is 62.6 Å². The zero-order valence-corrected chi connectivity index (χ0v) is 19.8. The lowest BCUT2D eigenvalue weighted by atomic mass is 10.0. The summed E-state index contributed by atoms with van der Waals surface area (Å²) in [5.41, 5.74) is 2.87.